The number of nitrogens with zero attached hydrogens (tertiary/aromatic N) is 1. The van der Waals surface area contributed by atoms with Crippen LogP contribution in [0.25, 0.3) is 0 Å². The van der Waals surface area contributed by atoms with Crippen LogP contribution in [-0.2, 0) is 16.1 Å². The van der Waals surface area contributed by atoms with E-state index in [1.54, 1.807) is 32.9 Å². The van der Waals surface area contributed by atoms with E-state index in [2.05, 4.69) is 5.32 Å². The molecule has 0 unspecified atom stereocenters. The lowest BCUT2D eigenvalue weighted by molar-refractivity contribution is -0.385. The fraction of sp³-hybridized carbons (Fsp3) is 0.462. The van der Waals surface area contributed by atoms with E-state index in [4.69, 9.17) is 4.74 Å². The van der Waals surface area contributed by atoms with E-state index >= 15 is 0 Å². The third-order valence-electron chi connectivity index (χ3n) is 2.57. The molecule has 0 heterocycles. The molecule has 0 radical (unpaired) electrons. The first-order valence-electron chi connectivity index (χ1n) is 6.05. The molecule has 6 nitrogen and oxygen atoms in total. The molecule has 0 aliphatic heterocycles. The van der Waals surface area contributed by atoms with Crippen LogP contribution in [0.2, 0.25) is 0 Å². The molecule has 19 heavy (non-hydrogen) atoms. The minimum Gasteiger partial charge on any atom is -0.462 e. The van der Waals surface area contributed by atoms with Crippen LogP contribution >= 0.6 is 0 Å². The smallest absolute Gasteiger partial charge is 0.320 e. The molecule has 1 N–H and O–H groups in total. The number of ether oxygens (including phenoxy) is 1. The molecule has 0 aromatic heterocycles. The molecule has 0 saturated carbocycles. The monoisotopic (exact) mass is 266 g/mol. The second-order valence-electron chi connectivity index (χ2n) is 4.46. The summed E-state index contributed by atoms with van der Waals surface area (Å²) in [5, 5.41) is 13.7. The molecule has 6 heteroatoms. The van der Waals surface area contributed by atoms with Gasteiger partial charge in [0.25, 0.3) is 5.69 Å². The highest BCUT2D eigenvalue weighted by Crippen LogP contribution is 2.20. The molecule has 1 rings (SSSR count). The molecule has 0 aliphatic carbocycles. The van der Waals surface area contributed by atoms with Crippen LogP contribution in [-0.4, -0.2) is 23.5 Å². The molecule has 1 aromatic carbocycles. The number of carbonyl (C=O) groups is 1. The molecular formula is C13H18N2O4. The van der Waals surface area contributed by atoms with E-state index in [1.807, 2.05) is 0 Å². The average molecular weight is 266 g/mol. The van der Waals surface area contributed by atoms with E-state index in [9.17, 15) is 14.9 Å². The zero-order valence-corrected chi connectivity index (χ0v) is 11.3. The Hall–Kier alpha value is -1.95. The van der Waals surface area contributed by atoms with E-state index in [1.165, 1.54) is 6.07 Å². The molecule has 0 amide bonds. The van der Waals surface area contributed by atoms with Crippen LogP contribution in [0.4, 0.5) is 5.69 Å². The van der Waals surface area contributed by atoms with Gasteiger partial charge in [0.1, 0.15) is 0 Å². The van der Waals surface area contributed by atoms with Gasteiger partial charge in [-0.1, -0.05) is 12.1 Å². The lowest BCUT2D eigenvalue weighted by atomic mass is 10.1. The molecular weight excluding hydrogens is 248 g/mol. The normalized spacial score (nSPS) is 10.5. The van der Waals surface area contributed by atoms with Crippen LogP contribution in [0.5, 0.6) is 0 Å². The highest BCUT2D eigenvalue weighted by molar-refractivity contribution is 5.71. The van der Waals surface area contributed by atoms with Gasteiger partial charge in [-0.05, 0) is 26.3 Å². The van der Waals surface area contributed by atoms with Crippen molar-refractivity contribution in [3.05, 3.63) is 39.4 Å². The molecule has 1 aromatic rings. The third kappa shape index (κ3) is 4.67. The van der Waals surface area contributed by atoms with Gasteiger partial charge in [0, 0.05) is 18.2 Å². The SMILES string of the molecule is Cc1c(CNCC(=O)OC(C)C)cccc1[N+](=O)[O-]. The first kappa shape index (κ1) is 15.1. The van der Waals surface area contributed by atoms with Crippen LogP contribution in [0.15, 0.2) is 18.2 Å². The Morgan fingerprint density at radius 2 is 2.16 bits per heavy atom. The van der Waals surface area contributed by atoms with Crippen LogP contribution < -0.4 is 5.32 Å². The molecule has 0 fully saturated rings. The molecule has 104 valence electrons. The Kier molecular flexibility index (Phi) is 5.44. The summed E-state index contributed by atoms with van der Waals surface area (Å²) in [6, 6.07) is 4.89. The maximum atomic E-state index is 11.3. The largest absolute Gasteiger partial charge is 0.462 e. The summed E-state index contributed by atoms with van der Waals surface area (Å²) in [4.78, 5) is 21.7. The fourth-order valence-electron chi connectivity index (χ4n) is 1.66. The molecule has 0 saturated heterocycles. The number of hydrogen-bond acceptors (Lipinski definition) is 5. The van der Waals surface area contributed by atoms with Crippen molar-refractivity contribution in [1.29, 1.82) is 0 Å². The molecule has 0 aliphatic rings. The number of nitro groups is 1. The second-order valence-corrected chi connectivity index (χ2v) is 4.46. The van der Waals surface area contributed by atoms with Crippen molar-refractivity contribution in [2.24, 2.45) is 0 Å². The van der Waals surface area contributed by atoms with Gasteiger partial charge >= 0.3 is 5.97 Å². The van der Waals surface area contributed by atoms with Crippen molar-refractivity contribution in [2.75, 3.05) is 6.54 Å². The summed E-state index contributed by atoms with van der Waals surface area (Å²) in [6.45, 7) is 5.73. The number of benzene rings is 1. The minimum absolute atomic E-state index is 0.0836. The van der Waals surface area contributed by atoms with Gasteiger partial charge in [-0.15, -0.1) is 0 Å². The fourth-order valence-corrected chi connectivity index (χ4v) is 1.66. The van der Waals surface area contributed by atoms with Gasteiger partial charge in [-0.2, -0.15) is 0 Å². The minimum atomic E-state index is -0.411. The summed E-state index contributed by atoms with van der Waals surface area (Å²) >= 11 is 0. The summed E-state index contributed by atoms with van der Waals surface area (Å²) < 4.78 is 4.97. The number of hydrogen-bond donors (Lipinski definition) is 1. The average Bonchev–Trinajstić information content (AvgIpc) is 2.30. The first-order valence-corrected chi connectivity index (χ1v) is 6.05. The Bertz CT molecular complexity index is 472. The third-order valence-corrected chi connectivity index (χ3v) is 2.57. The van der Waals surface area contributed by atoms with Gasteiger partial charge in [-0.3, -0.25) is 14.9 Å². The Balaban J connectivity index is 2.57. The molecule has 0 bridgehead atoms. The predicted molar refractivity (Wildman–Crippen MR) is 70.8 cm³/mol. The van der Waals surface area contributed by atoms with Crippen molar-refractivity contribution in [3.63, 3.8) is 0 Å². The maximum Gasteiger partial charge on any atom is 0.320 e. The van der Waals surface area contributed by atoms with Crippen molar-refractivity contribution >= 4 is 11.7 Å². The molecule has 0 spiro atoms. The zero-order chi connectivity index (χ0) is 14.4. The number of esters is 1. The highest BCUT2D eigenvalue weighted by atomic mass is 16.6. The Labute approximate surface area is 111 Å². The summed E-state index contributed by atoms with van der Waals surface area (Å²) in [5.74, 6) is -0.335. The Morgan fingerprint density at radius 1 is 1.47 bits per heavy atom. The molecule has 0 atom stereocenters. The van der Waals surface area contributed by atoms with Crippen LogP contribution in [0.1, 0.15) is 25.0 Å². The van der Waals surface area contributed by atoms with Crippen LogP contribution in [0.3, 0.4) is 0 Å². The van der Waals surface area contributed by atoms with Crippen molar-refractivity contribution in [1.82, 2.24) is 5.32 Å². The van der Waals surface area contributed by atoms with E-state index in [0.717, 1.165) is 5.56 Å². The van der Waals surface area contributed by atoms with Gasteiger partial charge in [-0.25, -0.2) is 0 Å². The van der Waals surface area contributed by atoms with Gasteiger partial charge < -0.3 is 10.1 Å². The van der Waals surface area contributed by atoms with E-state index in [-0.39, 0.29) is 24.3 Å². The van der Waals surface area contributed by atoms with Crippen molar-refractivity contribution in [3.8, 4) is 0 Å². The van der Waals surface area contributed by atoms with E-state index in [0.29, 0.717) is 12.1 Å². The summed E-state index contributed by atoms with van der Waals surface area (Å²) in [6.07, 6.45) is -0.145. The summed E-state index contributed by atoms with van der Waals surface area (Å²) in [7, 11) is 0. The lowest BCUT2D eigenvalue weighted by Gasteiger charge is -2.10. The first-order chi connectivity index (χ1) is 8.91. The van der Waals surface area contributed by atoms with Gasteiger partial charge in [0.15, 0.2) is 0 Å². The van der Waals surface area contributed by atoms with Crippen molar-refractivity contribution < 1.29 is 14.5 Å². The number of rotatable bonds is 6. The maximum absolute atomic E-state index is 11.3. The topological polar surface area (TPSA) is 81.5 Å². The number of nitro benzene ring substituents is 1. The highest BCUT2D eigenvalue weighted by Gasteiger charge is 2.13. The number of carbonyl (C=O) groups excluding carboxylic acids is 1. The quantitative estimate of drug-likeness (QED) is 0.483. The van der Waals surface area contributed by atoms with Gasteiger partial charge in [0.05, 0.1) is 17.6 Å². The zero-order valence-electron chi connectivity index (χ0n) is 11.3. The Morgan fingerprint density at radius 3 is 2.74 bits per heavy atom. The van der Waals surface area contributed by atoms with Crippen molar-refractivity contribution in [2.45, 2.75) is 33.4 Å². The van der Waals surface area contributed by atoms with Crippen LogP contribution in [0, 0.1) is 17.0 Å². The standard InChI is InChI=1S/C13H18N2O4/c1-9(2)19-13(16)8-14-7-11-5-4-6-12(10(11)3)15(17)18/h4-6,9,14H,7-8H2,1-3H3. The predicted octanol–water partition coefficient (Wildman–Crippen LogP) is 1.94. The number of nitrogens with one attached hydrogen (secondary N) is 1. The second kappa shape index (κ2) is 6.84. The summed E-state index contributed by atoms with van der Waals surface area (Å²) in [5.41, 5.74) is 1.49. The lowest BCUT2D eigenvalue weighted by Crippen LogP contribution is -2.26. The van der Waals surface area contributed by atoms with E-state index < -0.39 is 4.92 Å². The van der Waals surface area contributed by atoms with Gasteiger partial charge in [0.2, 0.25) is 0 Å².